The van der Waals surface area contributed by atoms with Gasteiger partial charge < -0.3 is 5.73 Å². The van der Waals surface area contributed by atoms with Gasteiger partial charge in [-0.15, -0.1) is 0 Å². The molecule has 1 rings (SSSR count). The second-order valence-electron chi connectivity index (χ2n) is 3.79. The van der Waals surface area contributed by atoms with Crippen LogP contribution in [-0.2, 0) is 0 Å². The van der Waals surface area contributed by atoms with Crippen LogP contribution in [0.1, 0.15) is 20.3 Å². The Morgan fingerprint density at radius 2 is 2.00 bits per heavy atom. The van der Waals surface area contributed by atoms with Gasteiger partial charge in [-0.1, -0.05) is 13.8 Å². The Hall–Kier alpha value is -0.740. The summed E-state index contributed by atoms with van der Waals surface area (Å²) in [6, 6.07) is 0. The van der Waals surface area contributed by atoms with Crippen LogP contribution in [0.2, 0.25) is 0 Å². The third kappa shape index (κ3) is 1.51. The average Bonchev–Trinajstić information content (AvgIpc) is 2.30. The van der Waals surface area contributed by atoms with Gasteiger partial charge in [-0.25, -0.2) is 0 Å². The van der Waals surface area contributed by atoms with E-state index in [9.17, 15) is 13.2 Å². The molecular formula is C8H13F3N2. The molecule has 2 nitrogen and oxygen atoms in total. The number of amidine groups is 1. The predicted octanol–water partition coefficient (Wildman–Crippen LogP) is 1.95. The van der Waals surface area contributed by atoms with Crippen LogP contribution in [0.15, 0.2) is 4.99 Å². The fourth-order valence-corrected chi connectivity index (χ4v) is 1.58. The first-order valence-corrected chi connectivity index (χ1v) is 4.15. The second-order valence-corrected chi connectivity index (χ2v) is 3.79. The fraction of sp³-hybridized carbons (Fsp3) is 0.875. The molecule has 1 aliphatic heterocycles. The van der Waals surface area contributed by atoms with Gasteiger partial charge in [0.15, 0.2) is 0 Å². The predicted molar refractivity (Wildman–Crippen MR) is 44.4 cm³/mol. The van der Waals surface area contributed by atoms with Crippen LogP contribution in [0, 0.1) is 11.3 Å². The molecule has 0 fully saturated rings. The summed E-state index contributed by atoms with van der Waals surface area (Å²) in [4.78, 5) is 3.65. The Bertz CT molecular complexity index is 232. The molecule has 0 aromatic heterocycles. The first-order valence-electron chi connectivity index (χ1n) is 4.15. The summed E-state index contributed by atoms with van der Waals surface area (Å²) in [7, 11) is 0. The maximum absolute atomic E-state index is 12.7. The van der Waals surface area contributed by atoms with Gasteiger partial charge in [-0.3, -0.25) is 4.99 Å². The molecular weight excluding hydrogens is 181 g/mol. The first kappa shape index (κ1) is 10.3. The van der Waals surface area contributed by atoms with Gasteiger partial charge in [0.05, 0.1) is 17.8 Å². The van der Waals surface area contributed by atoms with E-state index in [4.69, 9.17) is 5.73 Å². The van der Waals surface area contributed by atoms with Crippen molar-refractivity contribution in [2.45, 2.75) is 26.4 Å². The molecule has 1 unspecified atom stereocenters. The summed E-state index contributed by atoms with van der Waals surface area (Å²) >= 11 is 0. The molecule has 5 heteroatoms. The molecule has 13 heavy (non-hydrogen) atoms. The highest BCUT2D eigenvalue weighted by atomic mass is 19.4. The maximum atomic E-state index is 12.7. The Morgan fingerprint density at radius 1 is 1.46 bits per heavy atom. The minimum absolute atomic E-state index is 0.117. The summed E-state index contributed by atoms with van der Waals surface area (Å²) in [5.41, 5.74) is 3.57. The zero-order chi connectivity index (χ0) is 10.3. The molecule has 2 N–H and O–H groups in total. The molecule has 1 atom stereocenters. The van der Waals surface area contributed by atoms with Crippen molar-refractivity contribution in [2.75, 3.05) is 6.54 Å². The van der Waals surface area contributed by atoms with Crippen molar-refractivity contribution in [3.63, 3.8) is 0 Å². The molecule has 1 heterocycles. The van der Waals surface area contributed by atoms with Crippen LogP contribution in [0.5, 0.6) is 0 Å². The Labute approximate surface area is 75.0 Å². The normalized spacial score (nSPS) is 29.5. The Balaban J connectivity index is 2.94. The molecule has 0 saturated heterocycles. The van der Waals surface area contributed by atoms with E-state index < -0.39 is 17.5 Å². The van der Waals surface area contributed by atoms with E-state index in [1.165, 1.54) is 0 Å². The average molecular weight is 194 g/mol. The SMILES string of the molecule is CC(C)C1(C(F)(F)F)CN=C(N)C1. The van der Waals surface area contributed by atoms with Crippen LogP contribution in [0.3, 0.4) is 0 Å². The zero-order valence-electron chi connectivity index (χ0n) is 7.65. The van der Waals surface area contributed by atoms with Gasteiger partial charge in [0.1, 0.15) is 0 Å². The highest BCUT2D eigenvalue weighted by Gasteiger charge is 2.58. The van der Waals surface area contributed by atoms with E-state index in [0.29, 0.717) is 0 Å². The molecule has 0 aromatic carbocycles. The standard InChI is InChI=1S/C8H13F3N2/c1-5(2)7(8(9,10)11)3-6(12)13-4-7/h5H,3-4H2,1-2H3,(H2,12,13). The molecule has 0 spiro atoms. The second kappa shape index (κ2) is 2.89. The lowest BCUT2D eigenvalue weighted by Gasteiger charge is -2.34. The third-order valence-electron chi connectivity index (χ3n) is 2.73. The fourth-order valence-electron chi connectivity index (χ4n) is 1.58. The van der Waals surface area contributed by atoms with E-state index in [1.807, 2.05) is 0 Å². The Kier molecular flexibility index (Phi) is 2.30. The summed E-state index contributed by atoms with van der Waals surface area (Å²) in [6.07, 6.45) is -4.38. The number of halogens is 3. The maximum Gasteiger partial charge on any atom is 0.396 e. The number of nitrogens with zero attached hydrogens (tertiary/aromatic N) is 1. The van der Waals surface area contributed by atoms with Crippen molar-refractivity contribution in [1.82, 2.24) is 0 Å². The minimum atomic E-state index is -4.22. The Morgan fingerprint density at radius 3 is 2.15 bits per heavy atom. The highest BCUT2D eigenvalue weighted by Crippen LogP contribution is 2.49. The van der Waals surface area contributed by atoms with Gasteiger partial charge >= 0.3 is 6.18 Å². The van der Waals surface area contributed by atoms with Crippen molar-refractivity contribution < 1.29 is 13.2 Å². The van der Waals surface area contributed by atoms with E-state index in [1.54, 1.807) is 13.8 Å². The van der Waals surface area contributed by atoms with Crippen LogP contribution in [0.25, 0.3) is 0 Å². The van der Waals surface area contributed by atoms with E-state index in [-0.39, 0.29) is 18.8 Å². The lowest BCUT2D eigenvalue weighted by Crippen LogP contribution is -2.44. The van der Waals surface area contributed by atoms with Crippen molar-refractivity contribution >= 4 is 5.84 Å². The number of hydrogen-bond acceptors (Lipinski definition) is 2. The number of alkyl halides is 3. The van der Waals surface area contributed by atoms with Gasteiger partial charge in [0, 0.05) is 6.42 Å². The van der Waals surface area contributed by atoms with Gasteiger partial charge in [0.25, 0.3) is 0 Å². The lowest BCUT2D eigenvalue weighted by molar-refractivity contribution is -0.230. The monoisotopic (exact) mass is 194 g/mol. The molecule has 76 valence electrons. The molecule has 0 saturated carbocycles. The highest BCUT2D eigenvalue weighted by molar-refractivity contribution is 5.83. The summed E-state index contributed by atoms with van der Waals surface area (Å²) in [5, 5.41) is 0. The molecule has 0 bridgehead atoms. The van der Waals surface area contributed by atoms with E-state index in [0.717, 1.165) is 0 Å². The number of hydrogen-bond donors (Lipinski definition) is 1. The zero-order valence-corrected chi connectivity index (χ0v) is 7.65. The van der Waals surface area contributed by atoms with Crippen LogP contribution in [0.4, 0.5) is 13.2 Å². The number of nitrogens with two attached hydrogens (primary N) is 1. The molecule has 0 amide bonds. The summed E-state index contributed by atoms with van der Waals surface area (Å²) in [5.74, 6) is -0.372. The van der Waals surface area contributed by atoms with Crippen LogP contribution < -0.4 is 5.73 Å². The number of rotatable bonds is 1. The quantitative estimate of drug-likeness (QED) is 0.680. The van der Waals surface area contributed by atoms with Gasteiger partial charge in [0.2, 0.25) is 0 Å². The van der Waals surface area contributed by atoms with Crippen LogP contribution >= 0.6 is 0 Å². The minimum Gasteiger partial charge on any atom is -0.387 e. The van der Waals surface area contributed by atoms with Crippen molar-refractivity contribution in [3.8, 4) is 0 Å². The molecule has 0 aliphatic carbocycles. The first-order chi connectivity index (χ1) is 5.79. The summed E-state index contributed by atoms with van der Waals surface area (Å²) in [6.45, 7) is 2.89. The molecule has 0 radical (unpaired) electrons. The largest absolute Gasteiger partial charge is 0.396 e. The lowest BCUT2D eigenvalue weighted by atomic mass is 9.75. The van der Waals surface area contributed by atoms with Crippen molar-refractivity contribution in [3.05, 3.63) is 0 Å². The van der Waals surface area contributed by atoms with Crippen molar-refractivity contribution in [1.29, 1.82) is 0 Å². The van der Waals surface area contributed by atoms with E-state index >= 15 is 0 Å². The summed E-state index contributed by atoms with van der Waals surface area (Å²) < 4.78 is 38.1. The van der Waals surface area contributed by atoms with Gasteiger partial charge in [-0.05, 0) is 5.92 Å². The number of aliphatic imine (C=N–C) groups is 1. The van der Waals surface area contributed by atoms with E-state index in [2.05, 4.69) is 4.99 Å². The molecule has 0 aromatic rings. The van der Waals surface area contributed by atoms with Gasteiger partial charge in [-0.2, -0.15) is 13.2 Å². The smallest absolute Gasteiger partial charge is 0.387 e. The van der Waals surface area contributed by atoms with Crippen molar-refractivity contribution in [2.24, 2.45) is 22.1 Å². The molecule has 1 aliphatic rings. The third-order valence-corrected chi connectivity index (χ3v) is 2.73. The van der Waals surface area contributed by atoms with Crippen LogP contribution in [-0.4, -0.2) is 18.6 Å². The topological polar surface area (TPSA) is 38.4 Å².